The van der Waals surface area contributed by atoms with Gasteiger partial charge >= 0.3 is 12.1 Å². The second-order valence-corrected chi connectivity index (χ2v) is 15.2. The molecule has 5 amide bonds. The number of rotatable bonds is 17. The van der Waals surface area contributed by atoms with Gasteiger partial charge in [-0.25, -0.2) is 9.59 Å². The summed E-state index contributed by atoms with van der Waals surface area (Å²) in [6.45, 7) is 14.1. The van der Waals surface area contributed by atoms with E-state index < -0.39 is 58.7 Å². The Balaban J connectivity index is 2.05. The quantitative estimate of drug-likeness (QED) is 0.117. The van der Waals surface area contributed by atoms with Crippen LogP contribution in [0.15, 0.2) is 60.2 Å². The van der Waals surface area contributed by atoms with Gasteiger partial charge in [-0.1, -0.05) is 78.8 Å². The zero-order valence-electron chi connectivity index (χ0n) is 33.0. The minimum atomic E-state index is -1.08. The molecule has 0 radical (unpaired) electrons. The molecule has 15 nitrogen and oxygen atoms in total. The van der Waals surface area contributed by atoms with Gasteiger partial charge in [0.15, 0.2) is 0 Å². The first-order valence-corrected chi connectivity index (χ1v) is 17.7. The monoisotopic (exact) mass is 751 g/mol. The number of nitrogens with two attached hydrogens (primary N) is 1. The van der Waals surface area contributed by atoms with Crippen LogP contribution in [0.2, 0.25) is 0 Å². The molecule has 8 N–H and O–H groups in total. The molecule has 0 aromatic heterocycles. The van der Waals surface area contributed by atoms with E-state index in [0.717, 1.165) is 5.56 Å². The van der Waals surface area contributed by atoms with Gasteiger partial charge in [-0.3, -0.25) is 24.5 Å². The van der Waals surface area contributed by atoms with E-state index in [-0.39, 0.29) is 37.1 Å². The molecule has 0 heterocycles. The lowest BCUT2D eigenvalue weighted by Crippen LogP contribution is -2.60. The van der Waals surface area contributed by atoms with Crippen LogP contribution in [0.3, 0.4) is 0 Å². The molecule has 2 aromatic carbocycles. The summed E-state index contributed by atoms with van der Waals surface area (Å²) < 4.78 is 5.41. The van der Waals surface area contributed by atoms with Crippen LogP contribution >= 0.6 is 0 Å². The highest BCUT2D eigenvalue weighted by Crippen LogP contribution is 2.30. The average Bonchev–Trinajstić information content (AvgIpc) is 3.10. The largest absolute Gasteiger partial charge is 0.478 e. The summed E-state index contributed by atoms with van der Waals surface area (Å²) in [5, 5.41) is 23.1. The number of benzene rings is 2. The first-order valence-electron chi connectivity index (χ1n) is 17.7. The van der Waals surface area contributed by atoms with E-state index in [4.69, 9.17) is 15.6 Å². The Hall–Kier alpha value is -5.28. The van der Waals surface area contributed by atoms with Crippen LogP contribution in [0.1, 0.15) is 66.5 Å². The summed E-state index contributed by atoms with van der Waals surface area (Å²) in [6, 6.07) is 11.3. The highest BCUT2D eigenvalue weighted by Gasteiger charge is 2.40. The Morgan fingerprint density at radius 2 is 1.54 bits per heavy atom. The summed E-state index contributed by atoms with van der Waals surface area (Å²) in [5.74, 6) is -2.74. The van der Waals surface area contributed by atoms with Crippen LogP contribution < -0.4 is 32.3 Å². The number of carbonyl (C=O) groups is 6. The van der Waals surface area contributed by atoms with Crippen LogP contribution in [-0.2, 0) is 40.7 Å². The lowest BCUT2D eigenvalue weighted by Gasteiger charge is -2.38. The first kappa shape index (κ1) is 44.9. The molecule has 3 unspecified atom stereocenters. The van der Waals surface area contributed by atoms with Gasteiger partial charge in [0.05, 0.1) is 18.6 Å². The number of carboxylic acid groups (broad SMARTS) is 1. The molecule has 0 spiro atoms. The molecule has 0 aliphatic heterocycles. The van der Waals surface area contributed by atoms with Gasteiger partial charge in [0.2, 0.25) is 23.6 Å². The van der Waals surface area contributed by atoms with Crippen LogP contribution in [0.5, 0.6) is 0 Å². The van der Waals surface area contributed by atoms with Crippen LogP contribution in [0, 0.1) is 11.3 Å². The molecule has 0 saturated carbocycles. The lowest BCUT2D eigenvalue weighted by atomic mass is 9.76. The molecule has 0 saturated heterocycles. The molecule has 2 rings (SSSR count). The zero-order chi connectivity index (χ0) is 41.0. The predicted octanol–water partition coefficient (Wildman–Crippen LogP) is 3.36. The number of carboxylic acids is 1. The number of aliphatic carboxylic acids is 1. The van der Waals surface area contributed by atoms with Gasteiger partial charge in [0.25, 0.3) is 0 Å². The van der Waals surface area contributed by atoms with E-state index in [1.807, 2.05) is 54.5 Å². The van der Waals surface area contributed by atoms with Crippen molar-refractivity contribution in [2.45, 2.75) is 85.5 Å². The minimum absolute atomic E-state index is 0.0469. The van der Waals surface area contributed by atoms with Crippen molar-refractivity contribution < 1.29 is 38.6 Å². The van der Waals surface area contributed by atoms with E-state index in [2.05, 4.69) is 26.6 Å². The number of nitrogens with one attached hydrogen (secondary N) is 5. The Kier molecular flexibility index (Phi) is 16.4. The molecule has 54 heavy (non-hydrogen) atoms. The van der Waals surface area contributed by atoms with Crippen molar-refractivity contribution in [3.8, 4) is 0 Å². The highest BCUT2D eigenvalue weighted by atomic mass is 16.5. The number of carbonyl (C=O) groups excluding carboxylic acids is 5. The first-order chi connectivity index (χ1) is 25.1. The molecular weight excluding hydrogens is 694 g/mol. The maximum atomic E-state index is 13.8. The van der Waals surface area contributed by atoms with E-state index in [9.17, 15) is 28.8 Å². The fraction of sp³-hybridized carbons (Fsp3) is 0.487. The average molecular weight is 752 g/mol. The Morgan fingerprint density at radius 1 is 0.907 bits per heavy atom. The summed E-state index contributed by atoms with van der Waals surface area (Å²) in [5.41, 5.74) is 6.73. The molecule has 15 heteroatoms. The van der Waals surface area contributed by atoms with Crippen molar-refractivity contribution in [3.63, 3.8) is 0 Å². The molecule has 0 bridgehead atoms. The van der Waals surface area contributed by atoms with Gasteiger partial charge < -0.3 is 41.7 Å². The fourth-order valence-corrected chi connectivity index (χ4v) is 5.31. The normalized spacial score (nSPS) is 13.6. The van der Waals surface area contributed by atoms with Gasteiger partial charge in [0, 0.05) is 36.0 Å². The smallest absolute Gasteiger partial charge is 0.411 e. The SMILES string of the molecule is CNC(C(=O)NC(C(=O)N(C)C/C=C(\C)C(=O)O)C(C)(C)C)C(C)(C)c1cccc(NC(=O)OCc2ccc(NC(=O)CNC(=O)C(N)C(C)C)cc2)c1. The molecule has 0 aliphatic rings. The van der Waals surface area contributed by atoms with Crippen molar-refractivity contribution in [2.24, 2.45) is 17.1 Å². The van der Waals surface area contributed by atoms with E-state index in [0.29, 0.717) is 16.9 Å². The number of likely N-dealkylation sites (N-methyl/N-ethyl adjacent to an activating group) is 2. The minimum Gasteiger partial charge on any atom is -0.478 e. The van der Waals surface area contributed by atoms with Crippen molar-refractivity contribution in [1.82, 2.24) is 20.9 Å². The van der Waals surface area contributed by atoms with Gasteiger partial charge in [-0.2, -0.15) is 0 Å². The maximum absolute atomic E-state index is 13.8. The predicted molar refractivity (Wildman–Crippen MR) is 207 cm³/mol. The van der Waals surface area contributed by atoms with E-state index in [1.54, 1.807) is 56.6 Å². The zero-order valence-corrected chi connectivity index (χ0v) is 33.0. The molecular formula is C39H57N7O8. The number of ether oxygens (including phenoxy) is 1. The number of anilines is 2. The van der Waals surface area contributed by atoms with E-state index >= 15 is 0 Å². The topological polar surface area (TPSA) is 221 Å². The van der Waals surface area contributed by atoms with Gasteiger partial charge in [0.1, 0.15) is 12.6 Å². The number of hydrogen-bond acceptors (Lipinski definition) is 9. The Bertz CT molecular complexity index is 1680. The fourth-order valence-electron chi connectivity index (χ4n) is 5.31. The third-order valence-corrected chi connectivity index (χ3v) is 8.96. The Labute approximate surface area is 317 Å². The lowest BCUT2D eigenvalue weighted by molar-refractivity contribution is -0.139. The summed E-state index contributed by atoms with van der Waals surface area (Å²) >= 11 is 0. The number of nitrogens with zero attached hydrogens (tertiary/aromatic N) is 1. The third-order valence-electron chi connectivity index (χ3n) is 8.96. The maximum Gasteiger partial charge on any atom is 0.411 e. The van der Waals surface area contributed by atoms with Crippen LogP contribution in [0.25, 0.3) is 0 Å². The highest BCUT2D eigenvalue weighted by molar-refractivity contribution is 5.95. The van der Waals surface area contributed by atoms with Crippen LogP contribution in [0.4, 0.5) is 16.2 Å². The molecule has 3 atom stereocenters. The van der Waals surface area contributed by atoms with Crippen molar-refractivity contribution in [3.05, 3.63) is 71.3 Å². The summed E-state index contributed by atoms with van der Waals surface area (Å²) in [6.07, 6.45) is 0.737. The number of amides is 5. The molecule has 0 aliphatic carbocycles. The standard InChI is InChI=1S/C39H57N7O8/c1-23(2)30(40)33(48)42-21-29(47)43-27-16-14-25(15-17-27)22-54-37(53)44-28-13-11-12-26(20-28)39(7,8)31(41-9)34(49)45-32(38(4,5)6)35(50)46(10)19-18-24(3)36(51)52/h11-18,20,23,30-32,41H,19,21-22,40H2,1-10H3,(H,42,48)(H,43,47)(H,44,53)(H,45,49)(H,51,52)/b24-18+. The van der Waals surface area contributed by atoms with Crippen molar-refractivity contribution in [2.75, 3.05) is 37.8 Å². The van der Waals surface area contributed by atoms with Gasteiger partial charge in [-0.05, 0) is 60.7 Å². The third kappa shape index (κ3) is 13.3. The van der Waals surface area contributed by atoms with Gasteiger partial charge in [-0.15, -0.1) is 0 Å². The molecule has 296 valence electrons. The van der Waals surface area contributed by atoms with Crippen LogP contribution in [-0.4, -0.2) is 91.0 Å². The molecule has 0 fully saturated rings. The van der Waals surface area contributed by atoms with Crippen molar-refractivity contribution >= 4 is 47.1 Å². The second-order valence-electron chi connectivity index (χ2n) is 15.2. The van der Waals surface area contributed by atoms with E-state index in [1.165, 1.54) is 17.9 Å². The number of hydrogen-bond donors (Lipinski definition) is 7. The summed E-state index contributed by atoms with van der Waals surface area (Å²) in [7, 11) is 3.20. The molecule has 2 aromatic rings. The Morgan fingerprint density at radius 3 is 2.09 bits per heavy atom. The summed E-state index contributed by atoms with van der Waals surface area (Å²) in [4.78, 5) is 76.9. The second kappa shape index (κ2) is 19.7. The van der Waals surface area contributed by atoms with Crippen molar-refractivity contribution in [1.29, 1.82) is 0 Å².